The minimum absolute atomic E-state index is 1.23. The molecule has 0 aromatic heterocycles. The summed E-state index contributed by atoms with van der Waals surface area (Å²) in [7, 11) is -6.00. The molecule has 0 saturated carbocycles. The van der Waals surface area contributed by atoms with Crippen molar-refractivity contribution in [2.75, 3.05) is 0 Å². The van der Waals surface area contributed by atoms with E-state index in [1.54, 1.807) is 10.7 Å². The van der Waals surface area contributed by atoms with Crippen molar-refractivity contribution >= 4 is 7.25 Å². The maximum Gasteiger partial charge on any atom is 0.673 e. The zero-order valence-corrected chi connectivity index (χ0v) is 41.1. The molecule has 0 amide bonds. The van der Waals surface area contributed by atoms with Gasteiger partial charge in [0.25, 0.3) is 0 Å². The summed E-state index contributed by atoms with van der Waals surface area (Å²) < 4.78 is 43.8. The molecule has 3 aromatic carbocycles. The Morgan fingerprint density at radius 1 is 0.283 bits per heavy atom. The van der Waals surface area contributed by atoms with E-state index in [0.29, 0.717) is 0 Å². The number of hydrogen-bond acceptors (Lipinski definition) is 0. The standard InChI is InChI=1S/C54H88I.BF4/c1-4-7-10-13-16-19-22-25-28-31-34-49-37-43-52(44-38-49)55(53-45-39-50(40-46-53)35-32-29-26-23-20-17-14-11-8-5-2)54-47-41-51(42-48-54)36-33-30-27-24-21-18-15-12-9-6-3;2-1(3,4)5/h37-48,55H,4-36H2,1-3H3;/q+1;-1. The summed E-state index contributed by atoms with van der Waals surface area (Å²) in [6, 6.07) is 29.9. The topological polar surface area (TPSA) is 0 Å². The first-order chi connectivity index (χ1) is 29.2. The number of unbranched alkanes of at least 4 members (excludes halogenated alkanes) is 27. The minimum atomic E-state index is -6.00. The van der Waals surface area contributed by atoms with Crippen LogP contribution in [0.4, 0.5) is 17.3 Å². The molecule has 6 heteroatoms. The van der Waals surface area contributed by atoms with E-state index in [9.17, 15) is 17.3 Å². The Morgan fingerprint density at radius 3 is 0.633 bits per heavy atom. The summed E-state index contributed by atoms with van der Waals surface area (Å²) in [5.74, 6) is 0. The van der Waals surface area contributed by atoms with Crippen molar-refractivity contribution in [1.29, 1.82) is 0 Å². The molecule has 0 spiro atoms. The second kappa shape index (κ2) is 36.6. The van der Waals surface area contributed by atoms with Gasteiger partial charge < -0.3 is 17.3 Å². The normalized spacial score (nSPS) is 11.8. The summed E-state index contributed by atoms with van der Waals surface area (Å²) in [5, 5.41) is 0. The van der Waals surface area contributed by atoms with Crippen LogP contribution in [0.25, 0.3) is 0 Å². The van der Waals surface area contributed by atoms with Crippen molar-refractivity contribution in [2.45, 2.75) is 233 Å². The summed E-state index contributed by atoms with van der Waals surface area (Å²) in [6.45, 7) is 6.93. The average molecular weight is 951 g/mol. The molecule has 3 aromatic rings. The second-order valence-electron chi connectivity index (χ2n) is 17.5. The molecule has 0 atom stereocenters. The molecule has 3 rings (SSSR count). The molecule has 0 N–H and O–H groups in total. The van der Waals surface area contributed by atoms with Gasteiger partial charge in [-0.3, -0.25) is 0 Å². The summed E-state index contributed by atoms with van der Waals surface area (Å²) >= 11 is -1.95. The Hall–Kier alpha value is -1.83. The summed E-state index contributed by atoms with van der Waals surface area (Å²) in [5.41, 5.74) is 4.58. The van der Waals surface area contributed by atoms with Gasteiger partial charge in [-0.05, 0) is 0 Å². The van der Waals surface area contributed by atoms with Crippen molar-refractivity contribution in [2.24, 2.45) is 0 Å². The molecule has 0 bridgehead atoms. The van der Waals surface area contributed by atoms with Crippen molar-refractivity contribution < 1.29 is 37.1 Å². The Kier molecular flexibility index (Phi) is 33.2. The van der Waals surface area contributed by atoms with Crippen molar-refractivity contribution in [3.63, 3.8) is 0 Å². The smallest absolute Gasteiger partial charge is 0.418 e. The second-order valence-corrected chi connectivity index (χ2v) is 23.3. The molecule has 0 saturated heterocycles. The molecule has 0 nitrogen and oxygen atoms in total. The molecule has 0 unspecified atom stereocenters. The van der Waals surface area contributed by atoms with E-state index in [1.807, 2.05) is 0 Å². The molecule has 0 radical (unpaired) electrons. The third-order valence-corrected chi connectivity index (χ3v) is 18.3. The van der Waals surface area contributed by atoms with Gasteiger partial charge in [-0.25, -0.2) is 0 Å². The quantitative estimate of drug-likeness (QED) is 0.0236. The number of halogens is 5. The number of aryl methyl sites for hydroxylation is 3. The van der Waals surface area contributed by atoms with Crippen LogP contribution in [0.1, 0.15) is 230 Å². The van der Waals surface area contributed by atoms with Gasteiger partial charge in [0.05, 0.1) is 0 Å². The van der Waals surface area contributed by atoms with Gasteiger partial charge in [0.1, 0.15) is 0 Å². The third kappa shape index (κ3) is 29.5. The van der Waals surface area contributed by atoms with Crippen LogP contribution in [0.15, 0.2) is 72.8 Å². The largest absolute Gasteiger partial charge is 0.673 e. The zero-order chi connectivity index (χ0) is 43.4. The van der Waals surface area contributed by atoms with Crippen LogP contribution in [0.2, 0.25) is 0 Å². The zero-order valence-electron chi connectivity index (χ0n) is 38.8. The summed E-state index contributed by atoms with van der Waals surface area (Å²) in [6.07, 6.45) is 45.9. The van der Waals surface area contributed by atoms with Crippen molar-refractivity contribution in [3.05, 3.63) is 100 Å². The van der Waals surface area contributed by atoms with Gasteiger partial charge in [-0.15, -0.1) is 0 Å². The molecule has 60 heavy (non-hydrogen) atoms. The summed E-state index contributed by atoms with van der Waals surface area (Å²) in [4.78, 5) is 0. The maximum absolute atomic E-state index is 9.75. The van der Waals surface area contributed by atoms with Crippen LogP contribution >= 0.6 is 0 Å². The molecule has 0 fully saturated rings. The van der Waals surface area contributed by atoms with Crippen LogP contribution in [0.5, 0.6) is 0 Å². The molecular formula is C54H88BF4I. The third-order valence-electron chi connectivity index (χ3n) is 11.9. The van der Waals surface area contributed by atoms with Crippen LogP contribution in [0.3, 0.4) is 0 Å². The Balaban J connectivity index is 0.00000233. The fraction of sp³-hybridized carbons (Fsp3) is 0.667. The SMILES string of the molecule is CCCCCCCCCCCCc1ccc([IH+](c2ccc(CCCCCCCCCCCC)cc2)c2ccc(CCCCCCCCCCCC)cc2)cc1.F[B-](F)(F)F. The first kappa shape index (κ1) is 54.3. The molecule has 0 heterocycles. The minimum Gasteiger partial charge on any atom is -0.418 e. The van der Waals surface area contributed by atoms with Crippen LogP contribution < -0.4 is 19.8 Å². The predicted molar refractivity (Wildman–Crippen MR) is 254 cm³/mol. The van der Waals surface area contributed by atoms with Gasteiger partial charge in [-0.1, -0.05) is 78.6 Å². The van der Waals surface area contributed by atoms with Crippen LogP contribution in [0, 0.1) is 10.7 Å². The van der Waals surface area contributed by atoms with Gasteiger partial charge >= 0.3 is 281 Å². The number of hydrogen-bond donors (Lipinski definition) is 0. The Labute approximate surface area is 375 Å². The van der Waals surface area contributed by atoms with Crippen molar-refractivity contribution in [1.82, 2.24) is 0 Å². The van der Waals surface area contributed by atoms with Crippen molar-refractivity contribution in [3.8, 4) is 0 Å². The maximum atomic E-state index is 9.75. The van der Waals surface area contributed by atoms with Gasteiger partial charge in [0, 0.05) is 0 Å². The molecule has 0 aliphatic carbocycles. The fourth-order valence-corrected chi connectivity index (χ4v) is 14.1. The molecule has 0 aliphatic heterocycles. The van der Waals surface area contributed by atoms with E-state index in [2.05, 4.69) is 93.6 Å². The Morgan fingerprint density at radius 2 is 0.450 bits per heavy atom. The van der Waals surface area contributed by atoms with Gasteiger partial charge in [0.15, 0.2) is 0 Å². The van der Waals surface area contributed by atoms with E-state index < -0.39 is 27.1 Å². The first-order valence-electron chi connectivity index (χ1n) is 25.1. The average Bonchev–Trinajstić information content (AvgIpc) is 3.24. The number of benzene rings is 3. The van der Waals surface area contributed by atoms with E-state index in [1.165, 1.54) is 229 Å². The van der Waals surface area contributed by atoms with E-state index in [-0.39, 0.29) is 0 Å². The van der Waals surface area contributed by atoms with E-state index in [0.717, 1.165) is 0 Å². The Bertz CT molecular complexity index is 1210. The fourth-order valence-electron chi connectivity index (χ4n) is 8.23. The monoisotopic (exact) mass is 951 g/mol. The number of rotatable bonds is 36. The van der Waals surface area contributed by atoms with E-state index in [4.69, 9.17) is 0 Å². The molecule has 342 valence electrons. The first-order valence-corrected chi connectivity index (χ1v) is 28.6. The molecule has 0 aliphatic rings. The molecular weight excluding hydrogens is 862 g/mol. The van der Waals surface area contributed by atoms with E-state index >= 15 is 0 Å². The van der Waals surface area contributed by atoms with Gasteiger partial charge in [0.2, 0.25) is 0 Å². The predicted octanol–water partition coefficient (Wildman–Crippen LogP) is 15.6. The van der Waals surface area contributed by atoms with Gasteiger partial charge in [-0.2, -0.15) is 0 Å². The van der Waals surface area contributed by atoms with Crippen LogP contribution in [-0.4, -0.2) is 7.25 Å². The van der Waals surface area contributed by atoms with Crippen LogP contribution in [-0.2, 0) is 19.3 Å².